The first-order chi connectivity index (χ1) is 7.04. The van der Waals surface area contributed by atoms with Crippen molar-refractivity contribution in [1.82, 2.24) is 0 Å². The van der Waals surface area contributed by atoms with Gasteiger partial charge in [0, 0.05) is 0 Å². The molecule has 2 heteroatoms. The van der Waals surface area contributed by atoms with Crippen molar-refractivity contribution in [3.8, 4) is 5.75 Å². The molecular weight excluding hydrogens is 188 g/mol. The lowest BCUT2D eigenvalue weighted by molar-refractivity contribution is 0.277. The van der Waals surface area contributed by atoms with E-state index in [1.807, 2.05) is 19.1 Å². The Hall–Kier alpha value is -1.31. The molecule has 81 valence electrons. The topological polar surface area (TPSA) is 26.3 Å². The van der Waals surface area contributed by atoms with E-state index in [1.165, 1.54) is 5.56 Å². The van der Waals surface area contributed by atoms with E-state index in [0.29, 0.717) is 5.92 Å². The number of hydrogen-bond acceptors (Lipinski definition) is 2. The summed E-state index contributed by atoms with van der Waals surface area (Å²) < 4.78 is 5.41. The minimum atomic E-state index is -0.506. The van der Waals surface area contributed by atoms with Gasteiger partial charge in [-0.1, -0.05) is 26.0 Å². The highest BCUT2D eigenvalue weighted by Gasteiger charge is 2.07. The van der Waals surface area contributed by atoms with E-state index in [4.69, 9.17) is 4.74 Å². The number of hydrogen-bond donors (Lipinski definition) is 0. The second-order valence-corrected chi connectivity index (χ2v) is 4.06. The minimum absolute atomic E-state index is 0.506. The molecule has 2 nitrogen and oxygen atoms in total. The Balaban J connectivity index is 2.88. The third-order valence-electron chi connectivity index (χ3n) is 2.34. The lowest BCUT2D eigenvalue weighted by Crippen LogP contribution is -2.13. The molecule has 0 aliphatic carbocycles. The van der Waals surface area contributed by atoms with E-state index in [9.17, 15) is 4.79 Å². The largest absolute Gasteiger partial charge is 0.482 e. The molecule has 1 radical (unpaired) electrons. The van der Waals surface area contributed by atoms with Crippen molar-refractivity contribution in [2.24, 2.45) is 0 Å². The van der Waals surface area contributed by atoms with Crippen LogP contribution in [0.3, 0.4) is 0 Å². The molecule has 0 saturated carbocycles. The predicted octanol–water partition coefficient (Wildman–Crippen LogP) is 3.00. The van der Waals surface area contributed by atoms with E-state index >= 15 is 0 Å². The maximum absolute atomic E-state index is 10.3. The first-order valence-electron chi connectivity index (χ1n) is 5.19. The van der Waals surface area contributed by atoms with Gasteiger partial charge in [0.2, 0.25) is 6.29 Å². The fourth-order valence-electron chi connectivity index (χ4n) is 1.38. The normalized spacial score (nSPS) is 12.6. The van der Waals surface area contributed by atoms with Gasteiger partial charge in [0.05, 0.1) is 0 Å². The maximum Gasteiger partial charge on any atom is 0.242 e. The van der Waals surface area contributed by atoms with Crippen LogP contribution in [0.1, 0.15) is 37.8 Å². The fraction of sp³-hybridized carbons (Fsp3) is 0.462. The van der Waals surface area contributed by atoms with Gasteiger partial charge in [-0.25, -0.2) is 0 Å². The quantitative estimate of drug-likeness (QED) is 0.755. The van der Waals surface area contributed by atoms with Crippen LogP contribution in [0.15, 0.2) is 18.2 Å². The van der Waals surface area contributed by atoms with E-state index in [1.54, 1.807) is 13.2 Å². The van der Waals surface area contributed by atoms with E-state index in [-0.39, 0.29) is 0 Å². The highest BCUT2D eigenvalue weighted by atomic mass is 16.5. The Morgan fingerprint density at radius 3 is 2.40 bits per heavy atom. The molecule has 0 N–H and O–H groups in total. The van der Waals surface area contributed by atoms with Gasteiger partial charge in [-0.05, 0) is 37.0 Å². The molecule has 0 aromatic heterocycles. The number of carbonyl (C=O) groups excluding carboxylic acids is 1. The number of aryl methyl sites for hydroxylation is 1. The lowest BCUT2D eigenvalue weighted by atomic mass is 10.0. The Bertz CT molecular complexity index is 342. The van der Waals surface area contributed by atoms with Gasteiger partial charge >= 0.3 is 0 Å². The van der Waals surface area contributed by atoms with Crippen LogP contribution in [0, 0.1) is 6.92 Å². The van der Waals surface area contributed by atoms with Crippen LogP contribution in [0.4, 0.5) is 0 Å². The van der Waals surface area contributed by atoms with E-state index in [0.717, 1.165) is 11.3 Å². The summed E-state index contributed by atoms with van der Waals surface area (Å²) in [6.45, 7) is 7.97. The van der Waals surface area contributed by atoms with Gasteiger partial charge in [0.25, 0.3) is 0 Å². The average molecular weight is 205 g/mol. The zero-order valence-corrected chi connectivity index (χ0v) is 9.70. The highest BCUT2D eigenvalue weighted by Crippen LogP contribution is 2.24. The molecule has 0 amide bonds. The van der Waals surface area contributed by atoms with Gasteiger partial charge in [0.15, 0.2) is 6.10 Å². The van der Waals surface area contributed by atoms with Crippen molar-refractivity contribution >= 4 is 6.29 Å². The third kappa shape index (κ3) is 3.08. The summed E-state index contributed by atoms with van der Waals surface area (Å²) in [6.07, 6.45) is 1.30. The van der Waals surface area contributed by atoms with Gasteiger partial charge < -0.3 is 4.74 Å². The van der Waals surface area contributed by atoms with Crippen LogP contribution in [0.2, 0.25) is 0 Å². The van der Waals surface area contributed by atoms with Crippen molar-refractivity contribution in [3.05, 3.63) is 29.3 Å². The molecule has 0 fully saturated rings. The zero-order chi connectivity index (χ0) is 11.4. The first-order valence-corrected chi connectivity index (χ1v) is 5.19. The van der Waals surface area contributed by atoms with Crippen LogP contribution in [0.5, 0.6) is 5.75 Å². The predicted molar refractivity (Wildman–Crippen MR) is 61.1 cm³/mol. The molecule has 0 saturated heterocycles. The molecule has 0 aliphatic rings. The third-order valence-corrected chi connectivity index (χ3v) is 2.34. The number of rotatable bonds is 4. The van der Waals surface area contributed by atoms with Crippen LogP contribution in [0.25, 0.3) is 0 Å². The SMILES string of the molecule is Cc1cc(C(C)C)ccc1OC(C)[C]=O. The van der Waals surface area contributed by atoms with Crippen molar-refractivity contribution in [2.45, 2.75) is 39.7 Å². The molecule has 1 aromatic rings. The van der Waals surface area contributed by atoms with Crippen molar-refractivity contribution in [3.63, 3.8) is 0 Å². The van der Waals surface area contributed by atoms with Crippen LogP contribution >= 0.6 is 0 Å². The average Bonchev–Trinajstić information content (AvgIpc) is 2.20. The molecule has 0 heterocycles. The molecule has 0 aliphatic heterocycles. The maximum atomic E-state index is 10.3. The van der Waals surface area contributed by atoms with Crippen LogP contribution in [-0.4, -0.2) is 12.4 Å². The molecule has 15 heavy (non-hydrogen) atoms. The first kappa shape index (κ1) is 11.8. The number of benzene rings is 1. The Morgan fingerprint density at radius 2 is 1.93 bits per heavy atom. The van der Waals surface area contributed by atoms with E-state index < -0.39 is 6.10 Å². The molecule has 1 unspecified atom stereocenters. The minimum Gasteiger partial charge on any atom is -0.482 e. The monoisotopic (exact) mass is 205 g/mol. The van der Waals surface area contributed by atoms with Gasteiger partial charge in [-0.3, -0.25) is 4.79 Å². The smallest absolute Gasteiger partial charge is 0.242 e. The van der Waals surface area contributed by atoms with Gasteiger partial charge in [-0.15, -0.1) is 0 Å². The second-order valence-electron chi connectivity index (χ2n) is 4.06. The Kier molecular flexibility index (Phi) is 3.89. The van der Waals surface area contributed by atoms with Crippen LogP contribution in [-0.2, 0) is 4.79 Å². The standard InChI is InChI=1S/C13H17O2/c1-9(2)12-5-6-13(10(3)7-12)15-11(4)8-14/h5-7,9,11H,1-4H3. The summed E-state index contributed by atoms with van der Waals surface area (Å²) in [4.78, 5) is 10.3. The molecule has 1 rings (SSSR count). The van der Waals surface area contributed by atoms with Crippen LogP contribution < -0.4 is 4.74 Å². The summed E-state index contributed by atoms with van der Waals surface area (Å²) in [6, 6.07) is 6.04. The molecule has 1 atom stereocenters. The summed E-state index contributed by atoms with van der Waals surface area (Å²) >= 11 is 0. The summed E-state index contributed by atoms with van der Waals surface area (Å²) in [7, 11) is 0. The van der Waals surface area contributed by atoms with Crippen molar-refractivity contribution < 1.29 is 9.53 Å². The zero-order valence-electron chi connectivity index (χ0n) is 9.70. The molecule has 0 spiro atoms. The molecular formula is C13H17O2. The second kappa shape index (κ2) is 4.96. The van der Waals surface area contributed by atoms with Crippen molar-refractivity contribution in [1.29, 1.82) is 0 Å². The summed E-state index contributed by atoms with van der Waals surface area (Å²) in [5.41, 5.74) is 2.34. The van der Waals surface area contributed by atoms with E-state index in [2.05, 4.69) is 19.9 Å². The summed E-state index contributed by atoms with van der Waals surface area (Å²) in [5.74, 6) is 1.27. The lowest BCUT2D eigenvalue weighted by Gasteiger charge is -2.13. The van der Waals surface area contributed by atoms with Gasteiger partial charge in [-0.2, -0.15) is 0 Å². The number of ether oxygens (including phenoxy) is 1. The Labute approximate surface area is 91.3 Å². The summed E-state index contributed by atoms with van der Waals surface area (Å²) in [5, 5.41) is 0. The molecule has 1 aromatic carbocycles. The van der Waals surface area contributed by atoms with Gasteiger partial charge in [0.1, 0.15) is 5.75 Å². The fourth-order valence-corrected chi connectivity index (χ4v) is 1.38. The van der Waals surface area contributed by atoms with Crippen molar-refractivity contribution in [2.75, 3.05) is 0 Å². The Morgan fingerprint density at radius 1 is 1.27 bits per heavy atom. The molecule has 0 bridgehead atoms. The highest BCUT2D eigenvalue weighted by molar-refractivity contribution is 5.57.